The number of ether oxygens (including phenoxy) is 1. The van der Waals surface area contributed by atoms with Crippen LogP contribution in [0.15, 0.2) is 18.2 Å². The number of hydrogen-bond acceptors (Lipinski definition) is 2. The number of hydrogen-bond donors (Lipinski definition) is 1. The molecule has 0 aromatic heterocycles. The molecular formula is C12H14Cl2O2. The Morgan fingerprint density at radius 1 is 1.38 bits per heavy atom. The normalized spacial score (nSPS) is 25.7. The number of aliphatic hydroxyl groups is 1. The number of halogens is 2. The molecule has 0 amide bonds. The van der Waals surface area contributed by atoms with E-state index in [1.165, 1.54) is 0 Å². The summed E-state index contributed by atoms with van der Waals surface area (Å²) in [6.45, 7) is 1.23. The van der Waals surface area contributed by atoms with E-state index in [2.05, 4.69) is 0 Å². The van der Waals surface area contributed by atoms with Crippen molar-refractivity contribution >= 4 is 23.2 Å². The van der Waals surface area contributed by atoms with E-state index in [-0.39, 0.29) is 12.0 Å². The van der Waals surface area contributed by atoms with Crippen molar-refractivity contribution in [3.63, 3.8) is 0 Å². The standard InChI is InChI=1S/C12H14Cl2O2/c13-10-1-2-11(14)8(6-10)5-9-7-16-4-3-12(9)15/h1-2,6,9,12,15H,3-5,7H2/t9-,12-/m1/s1. The van der Waals surface area contributed by atoms with E-state index < -0.39 is 0 Å². The van der Waals surface area contributed by atoms with Gasteiger partial charge in [-0.3, -0.25) is 0 Å². The van der Waals surface area contributed by atoms with Gasteiger partial charge in [0.05, 0.1) is 12.7 Å². The lowest BCUT2D eigenvalue weighted by Gasteiger charge is -2.28. The predicted octanol–water partition coefficient (Wildman–Crippen LogP) is 2.93. The van der Waals surface area contributed by atoms with Gasteiger partial charge in [-0.2, -0.15) is 0 Å². The fourth-order valence-corrected chi connectivity index (χ4v) is 2.35. The molecule has 1 aromatic rings. The molecular weight excluding hydrogens is 247 g/mol. The van der Waals surface area contributed by atoms with Gasteiger partial charge in [-0.15, -0.1) is 0 Å². The molecule has 0 spiro atoms. The van der Waals surface area contributed by atoms with E-state index in [0.717, 1.165) is 5.56 Å². The molecule has 1 aromatic carbocycles. The van der Waals surface area contributed by atoms with Crippen LogP contribution >= 0.6 is 23.2 Å². The minimum absolute atomic E-state index is 0.115. The van der Waals surface area contributed by atoms with E-state index in [9.17, 15) is 5.11 Å². The Kier molecular flexibility index (Phi) is 4.09. The summed E-state index contributed by atoms with van der Waals surface area (Å²) in [5.41, 5.74) is 0.976. The van der Waals surface area contributed by atoms with Crippen LogP contribution in [0.1, 0.15) is 12.0 Å². The van der Waals surface area contributed by atoms with Crippen molar-refractivity contribution in [2.45, 2.75) is 18.9 Å². The minimum atomic E-state index is -0.302. The molecule has 1 aliphatic heterocycles. The first kappa shape index (κ1) is 12.2. The Balaban J connectivity index is 2.10. The maximum absolute atomic E-state index is 9.83. The third-order valence-corrected chi connectivity index (χ3v) is 3.53. The van der Waals surface area contributed by atoms with Gasteiger partial charge in [0.25, 0.3) is 0 Å². The summed E-state index contributed by atoms with van der Waals surface area (Å²) in [5, 5.41) is 11.2. The van der Waals surface area contributed by atoms with E-state index in [0.29, 0.717) is 36.1 Å². The van der Waals surface area contributed by atoms with Gasteiger partial charge in [0.1, 0.15) is 0 Å². The van der Waals surface area contributed by atoms with Crippen LogP contribution in [-0.4, -0.2) is 24.4 Å². The summed E-state index contributed by atoms with van der Waals surface area (Å²) < 4.78 is 5.36. The Morgan fingerprint density at radius 2 is 2.19 bits per heavy atom. The summed E-state index contributed by atoms with van der Waals surface area (Å²) in [5.74, 6) is 0.115. The quantitative estimate of drug-likeness (QED) is 0.886. The topological polar surface area (TPSA) is 29.5 Å². The van der Waals surface area contributed by atoms with Crippen LogP contribution in [0, 0.1) is 5.92 Å². The molecule has 88 valence electrons. The van der Waals surface area contributed by atoms with Crippen LogP contribution < -0.4 is 0 Å². The molecule has 1 saturated heterocycles. The fraction of sp³-hybridized carbons (Fsp3) is 0.500. The lowest BCUT2D eigenvalue weighted by atomic mass is 9.91. The maximum atomic E-state index is 9.83. The first-order valence-corrected chi connectivity index (χ1v) is 6.12. The molecule has 1 aliphatic rings. The summed E-state index contributed by atoms with van der Waals surface area (Å²) in [4.78, 5) is 0. The first-order valence-electron chi connectivity index (χ1n) is 5.36. The molecule has 2 nitrogen and oxygen atoms in total. The summed E-state index contributed by atoms with van der Waals surface area (Å²) in [6.07, 6.45) is 1.10. The monoisotopic (exact) mass is 260 g/mol. The van der Waals surface area contributed by atoms with Crippen molar-refractivity contribution < 1.29 is 9.84 Å². The smallest absolute Gasteiger partial charge is 0.0615 e. The number of benzene rings is 1. The number of aliphatic hydroxyl groups excluding tert-OH is 1. The second-order valence-electron chi connectivity index (χ2n) is 4.13. The Bertz CT molecular complexity index is 368. The van der Waals surface area contributed by atoms with Crippen molar-refractivity contribution in [2.75, 3.05) is 13.2 Å². The Labute approximate surface area is 105 Å². The summed E-state index contributed by atoms with van der Waals surface area (Å²) >= 11 is 12.0. The molecule has 2 atom stereocenters. The third-order valence-electron chi connectivity index (χ3n) is 2.92. The SMILES string of the molecule is O[C@@H]1CCOC[C@H]1Cc1cc(Cl)ccc1Cl. The van der Waals surface area contributed by atoms with Gasteiger partial charge in [0.15, 0.2) is 0 Å². The fourth-order valence-electron chi connectivity index (χ4n) is 1.96. The molecule has 0 saturated carbocycles. The first-order chi connectivity index (χ1) is 7.66. The predicted molar refractivity (Wildman–Crippen MR) is 65.1 cm³/mol. The van der Waals surface area contributed by atoms with Crippen LogP contribution in [0.25, 0.3) is 0 Å². The zero-order chi connectivity index (χ0) is 11.5. The van der Waals surface area contributed by atoms with E-state index in [1.54, 1.807) is 12.1 Å². The van der Waals surface area contributed by atoms with Crippen LogP contribution in [0.4, 0.5) is 0 Å². The van der Waals surface area contributed by atoms with Crippen LogP contribution in [0.5, 0.6) is 0 Å². The largest absolute Gasteiger partial charge is 0.393 e. The van der Waals surface area contributed by atoms with Gasteiger partial charge in [-0.05, 0) is 36.6 Å². The lowest BCUT2D eigenvalue weighted by Crippen LogP contribution is -2.33. The van der Waals surface area contributed by atoms with E-state index in [1.807, 2.05) is 6.07 Å². The van der Waals surface area contributed by atoms with Crippen molar-refractivity contribution in [1.29, 1.82) is 0 Å². The second-order valence-corrected chi connectivity index (χ2v) is 4.97. The van der Waals surface area contributed by atoms with Crippen LogP contribution in [0.2, 0.25) is 10.0 Å². The van der Waals surface area contributed by atoms with Crippen LogP contribution in [0.3, 0.4) is 0 Å². The summed E-state index contributed by atoms with van der Waals surface area (Å²) in [6, 6.07) is 5.40. The van der Waals surface area contributed by atoms with Gasteiger partial charge < -0.3 is 9.84 Å². The zero-order valence-corrected chi connectivity index (χ0v) is 10.3. The van der Waals surface area contributed by atoms with E-state index >= 15 is 0 Å². The molecule has 2 rings (SSSR count). The molecule has 0 radical (unpaired) electrons. The van der Waals surface area contributed by atoms with Crippen molar-refractivity contribution in [3.05, 3.63) is 33.8 Å². The molecule has 1 heterocycles. The molecule has 16 heavy (non-hydrogen) atoms. The van der Waals surface area contributed by atoms with Gasteiger partial charge in [0.2, 0.25) is 0 Å². The second kappa shape index (κ2) is 5.37. The van der Waals surface area contributed by atoms with Gasteiger partial charge >= 0.3 is 0 Å². The Hall–Kier alpha value is -0.280. The van der Waals surface area contributed by atoms with E-state index in [4.69, 9.17) is 27.9 Å². The van der Waals surface area contributed by atoms with Crippen molar-refractivity contribution in [2.24, 2.45) is 5.92 Å². The highest BCUT2D eigenvalue weighted by molar-refractivity contribution is 6.33. The van der Waals surface area contributed by atoms with Gasteiger partial charge in [0, 0.05) is 22.6 Å². The third kappa shape index (κ3) is 2.89. The highest BCUT2D eigenvalue weighted by Crippen LogP contribution is 2.26. The average Bonchev–Trinajstić information content (AvgIpc) is 2.27. The zero-order valence-electron chi connectivity index (χ0n) is 8.83. The molecule has 4 heteroatoms. The molecule has 0 unspecified atom stereocenters. The summed E-state index contributed by atoms with van der Waals surface area (Å²) in [7, 11) is 0. The lowest BCUT2D eigenvalue weighted by molar-refractivity contribution is -0.0350. The van der Waals surface area contributed by atoms with Crippen molar-refractivity contribution in [1.82, 2.24) is 0 Å². The molecule has 1 fully saturated rings. The minimum Gasteiger partial charge on any atom is -0.393 e. The van der Waals surface area contributed by atoms with Crippen molar-refractivity contribution in [3.8, 4) is 0 Å². The number of rotatable bonds is 2. The average molecular weight is 261 g/mol. The van der Waals surface area contributed by atoms with Gasteiger partial charge in [-0.1, -0.05) is 23.2 Å². The highest BCUT2D eigenvalue weighted by Gasteiger charge is 2.24. The molecule has 0 bridgehead atoms. The molecule has 1 N–H and O–H groups in total. The maximum Gasteiger partial charge on any atom is 0.0615 e. The highest BCUT2D eigenvalue weighted by atomic mass is 35.5. The molecule has 0 aliphatic carbocycles. The van der Waals surface area contributed by atoms with Gasteiger partial charge in [-0.25, -0.2) is 0 Å². The van der Waals surface area contributed by atoms with Crippen LogP contribution in [-0.2, 0) is 11.2 Å². The Morgan fingerprint density at radius 3 is 2.94 bits per heavy atom.